The van der Waals surface area contributed by atoms with Crippen molar-refractivity contribution >= 4 is 11.3 Å². The zero-order valence-electron chi connectivity index (χ0n) is 16.1. The van der Waals surface area contributed by atoms with Crippen LogP contribution in [0.15, 0.2) is 23.6 Å². The molecule has 1 aliphatic carbocycles. The second-order valence-electron chi connectivity index (χ2n) is 7.92. The number of fused-ring (bicyclic) bond motifs is 1. The van der Waals surface area contributed by atoms with E-state index in [0.717, 1.165) is 16.5 Å². The summed E-state index contributed by atoms with van der Waals surface area (Å²) in [6.07, 6.45) is 9.10. The van der Waals surface area contributed by atoms with Crippen LogP contribution in [-0.4, -0.2) is 28.5 Å². The molecule has 2 aliphatic rings. The SMILES string of the molecule is CCCN1CCCCC12CCc1cc(OCc3csc(C)n3)ccc1C2. The van der Waals surface area contributed by atoms with Gasteiger partial charge in [-0.2, -0.15) is 0 Å². The van der Waals surface area contributed by atoms with E-state index in [2.05, 4.69) is 40.4 Å². The molecule has 0 saturated carbocycles. The molecule has 1 fully saturated rings. The molecule has 1 unspecified atom stereocenters. The molecule has 1 aliphatic heterocycles. The molecule has 1 atom stereocenters. The minimum atomic E-state index is 0.418. The van der Waals surface area contributed by atoms with Crippen LogP contribution < -0.4 is 4.74 Å². The maximum atomic E-state index is 6.00. The van der Waals surface area contributed by atoms with Gasteiger partial charge in [0.15, 0.2) is 0 Å². The van der Waals surface area contributed by atoms with Crippen LogP contribution in [0.5, 0.6) is 5.75 Å². The third-order valence-corrected chi connectivity index (χ3v) is 6.92. The van der Waals surface area contributed by atoms with Crippen LogP contribution in [-0.2, 0) is 19.4 Å². The minimum Gasteiger partial charge on any atom is -0.487 e. The van der Waals surface area contributed by atoms with Crippen molar-refractivity contribution in [3.8, 4) is 5.75 Å². The maximum Gasteiger partial charge on any atom is 0.131 e. The number of hydrogen-bond donors (Lipinski definition) is 0. The van der Waals surface area contributed by atoms with E-state index >= 15 is 0 Å². The quantitative estimate of drug-likeness (QED) is 0.727. The van der Waals surface area contributed by atoms with Crippen molar-refractivity contribution in [2.75, 3.05) is 13.1 Å². The third kappa shape index (κ3) is 3.67. The lowest BCUT2D eigenvalue weighted by Gasteiger charge is -2.50. The van der Waals surface area contributed by atoms with Gasteiger partial charge < -0.3 is 4.74 Å². The summed E-state index contributed by atoms with van der Waals surface area (Å²) >= 11 is 1.68. The fourth-order valence-electron chi connectivity index (χ4n) is 4.79. The van der Waals surface area contributed by atoms with Crippen molar-refractivity contribution in [1.29, 1.82) is 0 Å². The van der Waals surface area contributed by atoms with Crippen LogP contribution in [0.3, 0.4) is 0 Å². The molecule has 1 saturated heterocycles. The number of aryl methyl sites for hydroxylation is 2. The van der Waals surface area contributed by atoms with Gasteiger partial charge in [0.25, 0.3) is 0 Å². The van der Waals surface area contributed by atoms with Gasteiger partial charge in [-0.15, -0.1) is 11.3 Å². The van der Waals surface area contributed by atoms with Crippen molar-refractivity contribution in [1.82, 2.24) is 9.88 Å². The molecule has 2 heterocycles. The third-order valence-electron chi connectivity index (χ3n) is 6.09. The van der Waals surface area contributed by atoms with Crippen LogP contribution in [0.2, 0.25) is 0 Å². The van der Waals surface area contributed by atoms with Gasteiger partial charge in [-0.25, -0.2) is 4.98 Å². The fourth-order valence-corrected chi connectivity index (χ4v) is 5.39. The molecule has 4 heteroatoms. The zero-order chi connectivity index (χ0) is 18.0. The van der Waals surface area contributed by atoms with Gasteiger partial charge in [-0.3, -0.25) is 4.90 Å². The number of aromatic nitrogens is 1. The summed E-state index contributed by atoms with van der Waals surface area (Å²) < 4.78 is 6.00. The van der Waals surface area contributed by atoms with Crippen molar-refractivity contribution in [2.45, 2.75) is 70.9 Å². The Bertz CT molecular complexity index is 754. The van der Waals surface area contributed by atoms with Gasteiger partial charge in [0.05, 0.1) is 10.7 Å². The highest BCUT2D eigenvalue weighted by atomic mass is 32.1. The number of hydrogen-bond acceptors (Lipinski definition) is 4. The Hall–Kier alpha value is -1.39. The first kappa shape index (κ1) is 18.0. The van der Waals surface area contributed by atoms with Crippen molar-refractivity contribution in [3.63, 3.8) is 0 Å². The topological polar surface area (TPSA) is 25.4 Å². The largest absolute Gasteiger partial charge is 0.487 e. The van der Waals surface area contributed by atoms with Gasteiger partial charge >= 0.3 is 0 Å². The molecule has 1 aromatic heterocycles. The van der Waals surface area contributed by atoms with Crippen LogP contribution in [0.25, 0.3) is 0 Å². The van der Waals surface area contributed by atoms with E-state index in [0.29, 0.717) is 12.1 Å². The van der Waals surface area contributed by atoms with E-state index in [1.54, 1.807) is 11.3 Å². The van der Waals surface area contributed by atoms with Crippen LogP contribution in [0.4, 0.5) is 0 Å². The highest BCUT2D eigenvalue weighted by Gasteiger charge is 2.40. The summed E-state index contributed by atoms with van der Waals surface area (Å²) in [4.78, 5) is 7.28. The highest BCUT2D eigenvalue weighted by Crippen LogP contribution is 2.40. The molecule has 0 radical (unpaired) electrons. The number of piperidine rings is 1. The first-order valence-corrected chi connectivity index (χ1v) is 11.0. The molecule has 4 rings (SSSR count). The van der Waals surface area contributed by atoms with Crippen molar-refractivity contribution in [3.05, 3.63) is 45.4 Å². The summed E-state index contributed by atoms with van der Waals surface area (Å²) in [6.45, 7) is 7.46. The van der Waals surface area contributed by atoms with Crippen LogP contribution >= 0.6 is 11.3 Å². The Balaban J connectivity index is 1.46. The van der Waals surface area contributed by atoms with Gasteiger partial charge in [0.2, 0.25) is 0 Å². The van der Waals surface area contributed by atoms with Gasteiger partial charge in [0.1, 0.15) is 12.4 Å². The summed E-state index contributed by atoms with van der Waals surface area (Å²) in [6, 6.07) is 6.75. The van der Waals surface area contributed by atoms with E-state index in [-0.39, 0.29) is 0 Å². The number of rotatable bonds is 5. The maximum absolute atomic E-state index is 6.00. The number of nitrogens with zero attached hydrogens (tertiary/aromatic N) is 2. The second kappa shape index (κ2) is 7.69. The van der Waals surface area contributed by atoms with E-state index in [4.69, 9.17) is 4.74 Å². The average Bonchev–Trinajstić information content (AvgIpc) is 3.07. The standard InChI is InChI=1S/C22H30N2OS/c1-3-11-24-12-5-4-9-22(24)10-8-18-13-21(7-6-19(18)14-22)25-15-20-16-26-17(2)23-20/h6-7,13,16H,3-5,8-12,14-15H2,1-2H3. The molecule has 0 bridgehead atoms. The second-order valence-corrected chi connectivity index (χ2v) is 8.98. The van der Waals surface area contributed by atoms with Crippen LogP contribution in [0.1, 0.15) is 60.9 Å². The normalized spacial score (nSPS) is 23.2. The lowest BCUT2D eigenvalue weighted by atomic mass is 9.72. The molecule has 1 aromatic carbocycles. The van der Waals surface area contributed by atoms with Crippen molar-refractivity contribution < 1.29 is 4.74 Å². The predicted molar refractivity (Wildman–Crippen MR) is 108 cm³/mol. The predicted octanol–water partition coefficient (Wildman–Crippen LogP) is 5.15. The van der Waals surface area contributed by atoms with E-state index in [9.17, 15) is 0 Å². The lowest BCUT2D eigenvalue weighted by molar-refractivity contribution is 0.0340. The van der Waals surface area contributed by atoms with E-state index in [1.807, 2.05) is 6.92 Å². The fraction of sp³-hybridized carbons (Fsp3) is 0.591. The molecule has 140 valence electrons. The Morgan fingerprint density at radius 2 is 2.15 bits per heavy atom. The Kier molecular flexibility index (Phi) is 5.32. The summed E-state index contributed by atoms with van der Waals surface area (Å²) in [5.41, 5.74) is 4.48. The monoisotopic (exact) mass is 370 g/mol. The Labute approximate surface area is 161 Å². The molecule has 1 spiro atoms. The summed E-state index contributed by atoms with van der Waals surface area (Å²) in [7, 11) is 0. The Morgan fingerprint density at radius 3 is 2.96 bits per heavy atom. The average molecular weight is 371 g/mol. The highest BCUT2D eigenvalue weighted by molar-refractivity contribution is 7.09. The zero-order valence-corrected chi connectivity index (χ0v) is 16.9. The molecular formula is C22H30N2OS. The molecule has 26 heavy (non-hydrogen) atoms. The smallest absolute Gasteiger partial charge is 0.131 e. The van der Waals surface area contributed by atoms with Crippen LogP contribution in [0, 0.1) is 6.92 Å². The van der Waals surface area contributed by atoms with Gasteiger partial charge in [-0.05, 0) is 81.8 Å². The molecular weight excluding hydrogens is 340 g/mol. The van der Waals surface area contributed by atoms with Crippen molar-refractivity contribution in [2.24, 2.45) is 0 Å². The number of benzene rings is 1. The van der Waals surface area contributed by atoms with E-state index < -0.39 is 0 Å². The number of likely N-dealkylation sites (tertiary alicyclic amines) is 1. The lowest BCUT2D eigenvalue weighted by Crippen LogP contribution is -2.55. The molecule has 2 aromatic rings. The minimum absolute atomic E-state index is 0.418. The van der Waals surface area contributed by atoms with Gasteiger partial charge in [0, 0.05) is 10.9 Å². The number of ether oxygens (including phenoxy) is 1. The molecule has 0 amide bonds. The van der Waals surface area contributed by atoms with Gasteiger partial charge in [-0.1, -0.05) is 19.4 Å². The first-order valence-electron chi connectivity index (χ1n) is 10.1. The van der Waals surface area contributed by atoms with E-state index in [1.165, 1.54) is 69.2 Å². The molecule has 0 N–H and O–H groups in total. The molecule has 3 nitrogen and oxygen atoms in total. The summed E-state index contributed by atoms with van der Waals surface area (Å²) in [5, 5.41) is 3.19. The number of thiazole rings is 1. The first-order chi connectivity index (χ1) is 12.7. The Morgan fingerprint density at radius 1 is 1.23 bits per heavy atom. The summed E-state index contributed by atoms with van der Waals surface area (Å²) in [5.74, 6) is 0.986.